The number of hydrogen-bond donors (Lipinski definition) is 2. The lowest BCUT2D eigenvalue weighted by atomic mass is 10.1. The van der Waals surface area contributed by atoms with E-state index in [1.807, 2.05) is 6.92 Å². The highest BCUT2D eigenvalue weighted by atomic mass is 32.2. The van der Waals surface area contributed by atoms with Crippen LogP contribution < -0.4 is 10.0 Å². The van der Waals surface area contributed by atoms with Crippen molar-refractivity contribution in [3.63, 3.8) is 0 Å². The Balaban J connectivity index is 2.08. The van der Waals surface area contributed by atoms with Crippen LogP contribution in [0.2, 0.25) is 0 Å². The average Bonchev–Trinajstić information content (AvgIpc) is 2.62. The number of amides is 1. The van der Waals surface area contributed by atoms with Crippen LogP contribution in [0.25, 0.3) is 0 Å². The minimum atomic E-state index is -3.78. The number of rotatable bonds is 8. The van der Waals surface area contributed by atoms with E-state index in [0.717, 1.165) is 12.8 Å². The first kappa shape index (κ1) is 20.6. The molecule has 27 heavy (non-hydrogen) atoms. The number of Topliss-reactive ketones (excluding diaryl/α,β-unsaturated/α-hetero) is 1. The summed E-state index contributed by atoms with van der Waals surface area (Å²) < 4.78 is 27.4. The van der Waals surface area contributed by atoms with Crippen LogP contribution in [0.1, 0.15) is 54.3 Å². The molecule has 2 aromatic carbocycles. The van der Waals surface area contributed by atoms with E-state index in [4.69, 9.17) is 0 Å². The molecule has 1 amide bonds. The lowest BCUT2D eigenvalue weighted by molar-refractivity contribution is 0.0937. The lowest BCUT2D eigenvalue weighted by Crippen LogP contribution is -2.32. The minimum absolute atomic E-state index is 0.0581. The Bertz CT molecular complexity index is 904. The quantitative estimate of drug-likeness (QED) is 0.676. The monoisotopic (exact) mass is 388 g/mol. The number of carbonyl (C=O) groups is 2. The molecule has 0 spiro atoms. The van der Waals surface area contributed by atoms with Gasteiger partial charge in [-0.25, -0.2) is 8.42 Å². The van der Waals surface area contributed by atoms with Crippen molar-refractivity contribution in [3.8, 4) is 0 Å². The summed E-state index contributed by atoms with van der Waals surface area (Å²) in [4.78, 5) is 23.5. The van der Waals surface area contributed by atoms with Gasteiger partial charge in [-0.1, -0.05) is 25.5 Å². The van der Waals surface area contributed by atoms with Crippen LogP contribution in [0.15, 0.2) is 53.4 Å². The Morgan fingerprint density at radius 2 is 1.52 bits per heavy atom. The molecule has 1 atom stereocenters. The topological polar surface area (TPSA) is 92.3 Å². The molecular formula is C20H24N2O4S. The minimum Gasteiger partial charge on any atom is -0.350 e. The van der Waals surface area contributed by atoms with Crippen molar-refractivity contribution < 1.29 is 18.0 Å². The van der Waals surface area contributed by atoms with Crippen LogP contribution in [0.3, 0.4) is 0 Å². The van der Waals surface area contributed by atoms with Crippen molar-refractivity contribution >= 4 is 27.4 Å². The standard InChI is InChI=1S/C20H24N2O4S/c1-4-5-14(2)21-20(24)17-6-10-18(11-7-17)22-27(25,26)19-12-8-16(9-13-19)15(3)23/h6-14,22H,4-5H2,1-3H3,(H,21,24). The van der Waals surface area contributed by atoms with Crippen molar-refractivity contribution in [2.45, 2.75) is 44.6 Å². The van der Waals surface area contributed by atoms with Crippen LogP contribution in [-0.2, 0) is 10.0 Å². The van der Waals surface area contributed by atoms with E-state index >= 15 is 0 Å². The van der Waals surface area contributed by atoms with E-state index in [0.29, 0.717) is 16.8 Å². The Hall–Kier alpha value is -2.67. The number of ketones is 1. The largest absolute Gasteiger partial charge is 0.350 e. The molecule has 2 aromatic rings. The van der Waals surface area contributed by atoms with Gasteiger partial charge in [-0.15, -0.1) is 0 Å². The average molecular weight is 388 g/mol. The van der Waals surface area contributed by atoms with Crippen LogP contribution in [-0.4, -0.2) is 26.2 Å². The fourth-order valence-electron chi connectivity index (χ4n) is 2.58. The van der Waals surface area contributed by atoms with Crippen LogP contribution in [0.4, 0.5) is 5.69 Å². The van der Waals surface area contributed by atoms with Gasteiger partial charge < -0.3 is 5.32 Å². The molecule has 0 saturated heterocycles. The van der Waals surface area contributed by atoms with Crippen molar-refractivity contribution in [2.75, 3.05) is 4.72 Å². The third kappa shape index (κ3) is 5.65. The second-order valence-corrected chi connectivity index (χ2v) is 8.11. The molecule has 0 heterocycles. The van der Waals surface area contributed by atoms with Gasteiger partial charge in [-0.2, -0.15) is 0 Å². The van der Waals surface area contributed by atoms with E-state index in [1.54, 1.807) is 24.3 Å². The normalized spacial score (nSPS) is 12.3. The van der Waals surface area contributed by atoms with Gasteiger partial charge in [0.05, 0.1) is 4.90 Å². The smallest absolute Gasteiger partial charge is 0.261 e. The van der Waals surface area contributed by atoms with E-state index in [1.165, 1.54) is 31.2 Å². The molecule has 2 rings (SSSR count). The van der Waals surface area contributed by atoms with Crippen molar-refractivity contribution in [1.29, 1.82) is 0 Å². The molecule has 0 bridgehead atoms. The molecule has 0 fully saturated rings. The Morgan fingerprint density at radius 1 is 0.963 bits per heavy atom. The van der Waals surface area contributed by atoms with Gasteiger partial charge in [0, 0.05) is 22.9 Å². The first-order valence-electron chi connectivity index (χ1n) is 8.77. The van der Waals surface area contributed by atoms with Crippen LogP contribution in [0.5, 0.6) is 0 Å². The molecule has 0 radical (unpaired) electrons. The van der Waals surface area contributed by atoms with Crippen molar-refractivity contribution in [1.82, 2.24) is 5.32 Å². The Labute approximate surface area is 160 Å². The molecular weight excluding hydrogens is 364 g/mol. The Kier molecular flexibility index (Phi) is 6.74. The maximum atomic E-state index is 12.4. The van der Waals surface area contributed by atoms with E-state index in [9.17, 15) is 18.0 Å². The molecule has 2 N–H and O–H groups in total. The van der Waals surface area contributed by atoms with Gasteiger partial charge >= 0.3 is 0 Å². The van der Waals surface area contributed by atoms with Gasteiger partial charge in [-0.3, -0.25) is 14.3 Å². The molecule has 0 saturated carbocycles. The third-order valence-electron chi connectivity index (χ3n) is 4.07. The van der Waals surface area contributed by atoms with Crippen LogP contribution >= 0.6 is 0 Å². The summed E-state index contributed by atoms with van der Waals surface area (Å²) in [6, 6.07) is 12.0. The molecule has 1 unspecified atom stereocenters. The molecule has 0 aliphatic carbocycles. The van der Waals surface area contributed by atoms with Gasteiger partial charge in [0.25, 0.3) is 15.9 Å². The Morgan fingerprint density at radius 3 is 2.04 bits per heavy atom. The highest BCUT2D eigenvalue weighted by Crippen LogP contribution is 2.17. The maximum absolute atomic E-state index is 12.4. The second-order valence-electron chi connectivity index (χ2n) is 6.43. The molecule has 0 aliphatic heterocycles. The van der Waals surface area contributed by atoms with E-state index in [-0.39, 0.29) is 22.6 Å². The predicted molar refractivity (Wildman–Crippen MR) is 106 cm³/mol. The highest BCUT2D eigenvalue weighted by Gasteiger charge is 2.15. The summed E-state index contributed by atoms with van der Waals surface area (Å²) >= 11 is 0. The first-order chi connectivity index (χ1) is 12.7. The van der Waals surface area contributed by atoms with Crippen LogP contribution in [0, 0.1) is 0 Å². The number of carbonyl (C=O) groups excluding carboxylic acids is 2. The molecule has 7 heteroatoms. The van der Waals surface area contributed by atoms with E-state index in [2.05, 4.69) is 17.0 Å². The second kappa shape index (κ2) is 8.81. The van der Waals surface area contributed by atoms with Crippen molar-refractivity contribution in [2.24, 2.45) is 0 Å². The molecule has 0 aromatic heterocycles. The van der Waals surface area contributed by atoms with Gasteiger partial charge in [0.15, 0.2) is 5.78 Å². The third-order valence-corrected chi connectivity index (χ3v) is 5.47. The molecule has 144 valence electrons. The SMILES string of the molecule is CCCC(C)NC(=O)c1ccc(NS(=O)(=O)c2ccc(C(C)=O)cc2)cc1. The van der Waals surface area contributed by atoms with Crippen molar-refractivity contribution in [3.05, 3.63) is 59.7 Å². The summed E-state index contributed by atoms with van der Waals surface area (Å²) in [6.07, 6.45) is 1.88. The van der Waals surface area contributed by atoms with E-state index < -0.39 is 10.0 Å². The predicted octanol–water partition coefficient (Wildman–Crippen LogP) is 3.61. The lowest BCUT2D eigenvalue weighted by Gasteiger charge is -2.13. The number of hydrogen-bond acceptors (Lipinski definition) is 4. The summed E-state index contributed by atoms with van der Waals surface area (Å²) in [5, 5.41) is 2.90. The zero-order valence-corrected chi connectivity index (χ0v) is 16.5. The summed E-state index contributed by atoms with van der Waals surface area (Å²) in [5.41, 5.74) is 1.26. The maximum Gasteiger partial charge on any atom is 0.261 e. The number of sulfonamides is 1. The summed E-state index contributed by atoms with van der Waals surface area (Å²) in [7, 11) is -3.78. The number of nitrogens with one attached hydrogen (secondary N) is 2. The zero-order chi connectivity index (χ0) is 20.0. The van der Waals surface area contributed by atoms with Gasteiger partial charge in [0.1, 0.15) is 0 Å². The number of anilines is 1. The molecule has 0 aliphatic rings. The molecule has 6 nitrogen and oxygen atoms in total. The summed E-state index contributed by atoms with van der Waals surface area (Å²) in [6.45, 7) is 5.42. The first-order valence-corrected chi connectivity index (χ1v) is 10.3. The van der Waals surface area contributed by atoms with Gasteiger partial charge in [0.2, 0.25) is 0 Å². The zero-order valence-electron chi connectivity index (χ0n) is 15.7. The van der Waals surface area contributed by atoms with Gasteiger partial charge in [-0.05, 0) is 56.7 Å². The fraction of sp³-hybridized carbons (Fsp3) is 0.300. The fourth-order valence-corrected chi connectivity index (χ4v) is 3.64. The summed E-state index contributed by atoms with van der Waals surface area (Å²) in [5.74, 6) is -0.320. The highest BCUT2D eigenvalue weighted by molar-refractivity contribution is 7.92. The number of benzene rings is 2.